The normalized spacial score (nSPS) is 18.8. The van der Waals surface area contributed by atoms with E-state index in [0.29, 0.717) is 25.1 Å². The van der Waals surface area contributed by atoms with E-state index in [1.165, 1.54) is 12.1 Å². The molecule has 0 aromatic heterocycles. The van der Waals surface area contributed by atoms with Crippen LogP contribution >= 0.6 is 0 Å². The summed E-state index contributed by atoms with van der Waals surface area (Å²) < 4.78 is 48.5. The van der Waals surface area contributed by atoms with Gasteiger partial charge in [-0.1, -0.05) is 12.1 Å². The number of alkyl halides is 3. The Kier molecular flexibility index (Phi) is 5.42. The van der Waals surface area contributed by atoms with E-state index in [9.17, 15) is 18.0 Å². The van der Waals surface area contributed by atoms with E-state index in [4.69, 9.17) is 9.47 Å². The van der Waals surface area contributed by atoms with Gasteiger partial charge in [0.2, 0.25) is 0 Å². The molecule has 7 heteroatoms. The SMILES string of the molecule is CC(C)(C)OC(=O)N1CCC(OCc2ccc(C(F)(F)F)cc2)C1. The third kappa shape index (κ3) is 5.40. The van der Waals surface area contributed by atoms with Crippen LogP contribution in [-0.2, 0) is 22.3 Å². The lowest BCUT2D eigenvalue weighted by Gasteiger charge is -2.24. The monoisotopic (exact) mass is 345 g/mol. The number of carbonyl (C=O) groups is 1. The van der Waals surface area contributed by atoms with Gasteiger partial charge in [0.05, 0.1) is 24.8 Å². The first-order valence-corrected chi connectivity index (χ1v) is 7.80. The highest BCUT2D eigenvalue weighted by Crippen LogP contribution is 2.29. The lowest BCUT2D eigenvalue weighted by Crippen LogP contribution is -2.36. The predicted octanol–water partition coefficient (Wildman–Crippen LogP) is 4.23. The van der Waals surface area contributed by atoms with Crippen LogP contribution in [0.5, 0.6) is 0 Å². The number of halogens is 3. The van der Waals surface area contributed by atoms with Crippen molar-refractivity contribution < 1.29 is 27.4 Å². The molecule has 1 heterocycles. The Morgan fingerprint density at radius 3 is 2.38 bits per heavy atom. The van der Waals surface area contributed by atoms with E-state index in [1.54, 1.807) is 25.7 Å². The molecule has 1 saturated heterocycles. The summed E-state index contributed by atoms with van der Waals surface area (Å²) in [6.45, 7) is 6.60. The van der Waals surface area contributed by atoms with E-state index in [2.05, 4.69) is 0 Å². The molecule has 1 aliphatic heterocycles. The Morgan fingerprint density at radius 2 is 1.83 bits per heavy atom. The third-order valence-corrected chi connectivity index (χ3v) is 3.56. The van der Waals surface area contributed by atoms with Crippen molar-refractivity contribution in [2.24, 2.45) is 0 Å². The molecule has 1 amide bonds. The summed E-state index contributed by atoms with van der Waals surface area (Å²) in [5.74, 6) is 0. The minimum absolute atomic E-state index is 0.139. The first-order chi connectivity index (χ1) is 11.0. The maximum atomic E-state index is 12.5. The van der Waals surface area contributed by atoms with Crippen LogP contribution in [0.15, 0.2) is 24.3 Å². The molecule has 1 atom stereocenters. The van der Waals surface area contributed by atoms with Crippen LogP contribution in [-0.4, -0.2) is 35.8 Å². The molecule has 0 radical (unpaired) electrons. The van der Waals surface area contributed by atoms with E-state index in [-0.39, 0.29) is 18.8 Å². The zero-order chi connectivity index (χ0) is 18.0. The van der Waals surface area contributed by atoms with Crippen LogP contribution < -0.4 is 0 Å². The van der Waals surface area contributed by atoms with Gasteiger partial charge in [-0.25, -0.2) is 4.79 Å². The van der Waals surface area contributed by atoms with Crippen molar-refractivity contribution in [3.05, 3.63) is 35.4 Å². The maximum absolute atomic E-state index is 12.5. The van der Waals surface area contributed by atoms with Gasteiger partial charge in [-0.15, -0.1) is 0 Å². The molecule has 0 N–H and O–H groups in total. The minimum Gasteiger partial charge on any atom is -0.444 e. The number of benzene rings is 1. The molecule has 2 rings (SSSR count). The lowest BCUT2D eigenvalue weighted by molar-refractivity contribution is -0.137. The molecular formula is C17H22F3NO3. The van der Waals surface area contributed by atoms with Crippen LogP contribution in [0, 0.1) is 0 Å². The molecule has 1 aromatic rings. The quantitative estimate of drug-likeness (QED) is 0.823. The maximum Gasteiger partial charge on any atom is 0.416 e. The molecule has 1 fully saturated rings. The Morgan fingerprint density at radius 1 is 1.21 bits per heavy atom. The molecule has 0 aliphatic carbocycles. The molecule has 1 unspecified atom stereocenters. The van der Waals surface area contributed by atoms with Crippen LogP contribution in [0.25, 0.3) is 0 Å². The smallest absolute Gasteiger partial charge is 0.416 e. The second-order valence-corrected chi connectivity index (χ2v) is 6.84. The standard InChI is InChI=1S/C17H22F3NO3/c1-16(2,3)24-15(22)21-9-8-14(10-21)23-11-12-4-6-13(7-5-12)17(18,19)20/h4-7,14H,8-11H2,1-3H3. The van der Waals surface area contributed by atoms with E-state index in [1.807, 2.05) is 0 Å². The Hall–Kier alpha value is -1.76. The minimum atomic E-state index is -4.33. The van der Waals surface area contributed by atoms with Crippen LogP contribution in [0.3, 0.4) is 0 Å². The summed E-state index contributed by atoms with van der Waals surface area (Å²) in [6, 6.07) is 4.90. The van der Waals surface area contributed by atoms with Crippen molar-refractivity contribution in [3.8, 4) is 0 Å². The van der Waals surface area contributed by atoms with Crippen LogP contribution in [0.1, 0.15) is 38.3 Å². The highest BCUT2D eigenvalue weighted by atomic mass is 19.4. The summed E-state index contributed by atoms with van der Waals surface area (Å²) in [4.78, 5) is 13.5. The fourth-order valence-corrected chi connectivity index (χ4v) is 2.36. The average molecular weight is 345 g/mol. The molecule has 24 heavy (non-hydrogen) atoms. The topological polar surface area (TPSA) is 38.8 Å². The average Bonchev–Trinajstić information content (AvgIpc) is 2.92. The molecule has 0 bridgehead atoms. The first-order valence-electron chi connectivity index (χ1n) is 7.80. The number of hydrogen-bond acceptors (Lipinski definition) is 3. The van der Waals surface area contributed by atoms with E-state index >= 15 is 0 Å². The zero-order valence-corrected chi connectivity index (χ0v) is 14.0. The Balaban J connectivity index is 1.81. The second-order valence-electron chi connectivity index (χ2n) is 6.84. The highest BCUT2D eigenvalue weighted by Gasteiger charge is 2.31. The van der Waals surface area contributed by atoms with Crippen molar-refractivity contribution in [1.82, 2.24) is 4.90 Å². The molecular weight excluding hydrogens is 323 g/mol. The van der Waals surface area contributed by atoms with Gasteiger partial charge in [-0.3, -0.25) is 0 Å². The van der Waals surface area contributed by atoms with Crippen LogP contribution in [0.2, 0.25) is 0 Å². The number of carbonyl (C=O) groups excluding carboxylic acids is 1. The molecule has 0 spiro atoms. The van der Waals surface area contributed by atoms with Crippen LogP contribution in [0.4, 0.5) is 18.0 Å². The summed E-state index contributed by atoms with van der Waals surface area (Å²) in [7, 11) is 0. The molecule has 4 nitrogen and oxygen atoms in total. The van der Waals surface area contributed by atoms with Crippen molar-refractivity contribution in [1.29, 1.82) is 0 Å². The van der Waals surface area contributed by atoms with E-state index < -0.39 is 17.3 Å². The van der Waals surface area contributed by atoms with Gasteiger partial charge in [0.1, 0.15) is 5.60 Å². The predicted molar refractivity (Wildman–Crippen MR) is 82.4 cm³/mol. The molecule has 134 valence electrons. The summed E-state index contributed by atoms with van der Waals surface area (Å²) in [6.07, 6.45) is -4.17. The number of ether oxygens (including phenoxy) is 2. The highest BCUT2D eigenvalue weighted by molar-refractivity contribution is 5.68. The second kappa shape index (κ2) is 7.01. The fraction of sp³-hybridized carbons (Fsp3) is 0.588. The third-order valence-electron chi connectivity index (χ3n) is 3.56. The van der Waals surface area contributed by atoms with Crippen molar-refractivity contribution >= 4 is 6.09 Å². The summed E-state index contributed by atoms with van der Waals surface area (Å²) in [5, 5.41) is 0. The largest absolute Gasteiger partial charge is 0.444 e. The van der Waals surface area contributed by atoms with E-state index in [0.717, 1.165) is 12.1 Å². The lowest BCUT2D eigenvalue weighted by atomic mass is 10.1. The number of hydrogen-bond donors (Lipinski definition) is 0. The zero-order valence-electron chi connectivity index (χ0n) is 14.0. The van der Waals surface area contributed by atoms with Gasteiger partial charge in [-0.2, -0.15) is 13.2 Å². The molecule has 1 aliphatic rings. The van der Waals surface area contributed by atoms with Gasteiger partial charge < -0.3 is 14.4 Å². The Bertz CT molecular complexity index is 564. The van der Waals surface area contributed by atoms with Gasteiger partial charge in [0.15, 0.2) is 0 Å². The van der Waals surface area contributed by atoms with Crippen molar-refractivity contribution in [2.45, 2.75) is 51.7 Å². The first kappa shape index (κ1) is 18.6. The summed E-state index contributed by atoms with van der Waals surface area (Å²) in [5.41, 5.74) is -0.557. The number of amides is 1. The number of likely N-dealkylation sites (tertiary alicyclic amines) is 1. The van der Waals surface area contributed by atoms with Crippen molar-refractivity contribution in [2.75, 3.05) is 13.1 Å². The van der Waals surface area contributed by atoms with Gasteiger partial charge in [-0.05, 0) is 44.9 Å². The van der Waals surface area contributed by atoms with Crippen molar-refractivity contribution in [3.63, 3.8) is 0 Å². The molecule has 1 aromatic carbocycles. The number of rotatable bonds is 3. The Labute approximate surface area is 139 Å². The summed E-state index contributed by atoms with van der Waals surface area (Å²) >= 11 is 0. The fourth-order valence-electron chi connectivity index (χ4n) is 2.36. The van der Waals surface area contributed by atoms with Gasteiger partial charge >= 0.3 is 12.3 Å². The van der Waals surface area contributed by atoms with Gasteiger partial charge in [0, 0.05) is 6.54 Å². The number of nitrogens with zero attached hydrogens (tertiary/aromatic N) is 1. The van der Waals surface area contributed by atoms with Gasteiger partial charge in [0.25, 0.3) is 0 Å². The molecule has 0 saturated carbocycles.